The van der Waals surface area contributed by atoms with E-state index in [-0.39, 0.29) is 5.57 Å². The number of oxime groups is 1. The summed E-state index contributed by atoms with van der Waals surface area (Å²) in [5.74, 6) is -0.392. The number of amides is 1. The Bertz CT molecular complexity index is 990. The second-order valence-electron chi connectivity index (χ2n) is 6.19. The van der Waals surface area contributed by atoms with Crippen molar-refractivity contribution in [1.82, 2.24) is 0 Å². The fourth-order valence-corrected chi connectivity index (χ4v) is 3.50. The van der Waals surface area contributed by atoms with Crippen molar-refractivity contribution in [2.45, 2.75) is 19.1 Å². The van der Waals surface area contributed by atoms with Crippen molar-refractivity contribution >= 4 is 28.9 Å². The van der Waals surface area contributed by atoms with E-state index in [1.54, 1.807) is 31.2 Å². The minimum atomic E-state index is -1.12. The third-order valence-corrected chi connectivity index (χ3v) is 5.01. The zero-order valence-electron chi connectivity index (χ0n) is 13.9. The fraction of sp³-hybridized carbons (Fsp3) is 0.150. The first-order chi connectivity index (χ1) is 12.6. The van der Waals surface area contributed by atoms with Crippen LogP contribution >= 0.6 is 11.6 Å². The number of anilines is 1. The molecular weight excluding hydrogens is 350 g/mol. The fourth-order valence-electron chi connectivity index (χ4n) is 3.38. The van der Waals surface area contributed by atoms with Gasteiger partial charge in [0.2, 0.25) is 5.72 Å². The van der Waals surface area contributed by atoms with Crippen LogP contribution in [0.15, 0.2) is 70.9 Å². The molecule has 1 spiro atoms. The van der Waals surface area contributed by atoms with Gasteiger partial charge in [0.15, 0.2) is 0 Å². The lowest BCUT2D eigenvalue weighted by atomic mass is 9.94. The Kier molecular flexibility index (Phi) is 3.78. The second-order valence-corrected chi connectivity index (χ2v) is 6.62. The first kappa shape index (κ1) is 16.4. The molecule has 2 aromatic carbocycles. The summed E-state index contributed by atoms with van der Waals surface area (Å²) in [5.41, 5.74) is 1.79. The van der Waals surface area contributed by atoms with Crippen LogP contribution < -0.4 is 4.90 Å². The van der Waals surface area contributed by atoms with Gasteiger partial charge in [0, 0.05) is 16.3 Å². The van der Waals surface area contributed by atoms with Crippen molar-refractivity contribution in [3.8, 4) is 6.07 Å². The minimum Gasteiger partial charge on any atom is -0.361 e. The molecule has 0 saturated carbocycles. The number of nitrogens with zero attached hydrogens (tertiary/aromatic N) is 3. The molecule has 1 atom stereocenters. The summed E-state index contributed by atoms with van der Waals surface area (Å²) in [6.07, 6.45) is 0.363. The van der Waals surface area contributed by atoms with Crippen molar-refractivity contribution in [2.24, 2.45) is 5.16 Å². The number of hydrogen-bond donors (Lipinski definition) is 0. The highest BCUT2D eigenvalue weighted by atomic mass is 35.5. The van der Waals surface area contributed by atoms with E-state index in [1.807, 2.05) is 36.4 Å². The Hall–Kier alpha value is -3.10. The molecular formula is C20H14ClN3O2. The van der Waals surface area contributed by atoms with Gasteiger partial charge in [0.05, 0.1) is 12.1 Å². The molecule has 0 saturated heterocycles. The van der Waals surface area contributed by atoms with E-state index in [1.165, 1.54) is 4.90 Å². The predicted octanol–water partition coefficient (Wildman–Crippen LogP) is 4.05. The van der Waals surface area contributed by atoms with Gasteiger partial charge in [-0.25, -0.2) is 0 Å². The van der Waals surface area contributed by atoms with Gasteiger partial charge >= 0.3 is 0 Å². The van der Waals surface area contributed by atoms with Gasteiger partial charge in [0.1, 0.15) is 11.6 Å². The molecule has 4 rings (SSSR count). The highest BCUT2D eigenvalue weighted by Crippen LogP contribution is 2.45. The van der Waals surface area contributed by atoms with Gasteiger partial charge in [-0.2, -0.15) is 5.26 Å². The summed E-state index contributed by atoms with van der Waals surface area (Å²) in [7, 11) is 0. The van der Waals surface area contributed by atoms with Crippen LogP contribution in [0.1, 0.15) is 18.9 Å². The molecule has 0 radical (unpaired) electrons. The van der Waals surface area contributed by atoms with Gasteiger partial charge in [-0.05, 0) is 36.8 Å². The largest absolute Gasteiger partial charge is 0.361 e. The Morgan fingerprint density at radius 3 is 2.54 bits per heavy atom. The zero-order chi connectivity index (χ0) is 18.3. The highest BCUT2D eigenvalue weighted by Gasteiger charge is 2.56. The standard InChI is InChI=1S/C20H14ClN3O2/c1-13-17(12-22)19(25)24(16-9-7-15(21)8-10-16)20(13)11-18(23-26-20)14-5-3-2-4-6-14/h2-10H,11H2,1H3. The molecule has 5 nitrogen and oxygen atoms in total. The van der Waals surface area contributed by atoms with Gasteiger partial charge in [0.25, 0.3) is 5.91 Å². The molecule has 2 aliphatic heterocycles. The van der Waals surface area contributed by atoms with Crippen LogP contribution in [-0.4, -0.2) is 17.3 Å². The summed E-state index contributed by atoms with van der Waals surface area (Å²) in [5, 5.41) is 14.3. The van der Waals surface area contributed by atoms with Crippen LogP contribution in [0.5, 0.6) is 0 Å². The molecule has 0 aromatic heterocycles. The van der Waals surface area contributed by atoms with E-state index in [4.69, 9.17) is 16.4 Å². The SMILES string of the molecule is CC1=C(C#N)C(=O)N(c2ccc(Cl)cc2)C12CC(c1ccccc1)=NO2. The molecule has 0 N–H and O–H groups in total. The van der Waals surface area contributed by atoms with E-state index in [0.717, 1.165) is 11.3 Å². The lowest BCUT2D eigenvalue weighted by Crippen LogP contribution is -2.48. The minimum absolute atomic E-state index is 0.0875. The van der Waals surface area contributed by atoms with Crippen molar-refractivity contribution in [1.29, 1.82) is 5.26 Å². The molecule has 26 heavy (non-hydrogen) atoms. The molecule has 2 aromatic rings. The average molecular weight is 364 g/mol. The molecule has 1 unspecified atom stereocenters. The number of halogens is 1. The number of carbonyl (C=O) groups excluding carboxylic acids is 1. The van der Waals surface area contributed by atoms with E-state index < -0.39 is 11.6 Å². The van der Waals surface area contributed by atoms with Gasteiger partial charge < -0.3 is 4.84 Å². The topological polar surface area (TPSA) is 65.7 Å². The molecule has 128 valence electrons. The summed E-state index contributed by atoms with van der Waals surface area (Å²) in [6.45, 7) is 1.75. The van der Waals surface area contributed by atoms with E-state index in [9.17, 15) is 10.1 Å². The second kappa shape index (κ2) is 6.01. The van der Waals surface area contributed by atoms with Crippen LogP contribution in [-0.2, 0) is 9.63 Å². The van der Waals surface area contributed by atoms with Gasteiger partial charge in [-0.15, -0.1) is 0 Å². The summed E-state index contributed by atoms with van der Waals surface area (Å²) in [4.78, 5) is 20.2. The number of rotatable bonds is 2. The predicted molar refractivity (Wildman–Crippen MR) is 98.7 cm³/mol. The normalized spacial score (nSPS) is 21.8. The zero-order valence-corrected chi connectivity index (χ0v) is 14.7. The molecule has 0 aliphatic carbocycles. The molecule has 1 amide bonds. The first-order valence-corrected chi connectivity index (χ1v) is 8.46. The van der Waals surface area contributed by atoms with Crippen LogP contribution in [0.4, 0.5) is 5.69 Å². The van der Waals surface area contributed by atoms with E-state index in [0.29, 0.717) is 22.7 Å². The molecule has 2 aliphatic rings. The Labute approximate surface area is 155 Å². The number of carbonyl (C=O) groups is 1. The van der Waals surface area contributed by atoms with Crippen molar-refractivity contribution < 1.29 is 9.63 Å². The van der Waals surface area contributed by atoms with E-state index >= 15 is 0 Å². The molecule has 0 fully saturated rings. The van der Waals surface area contributed by atoms with Crippen molar-refractivity contribution in [2.75, 3.05) is 4.90 Å². The van der Waals surface area contributed by atoms with Crippen molar-refractivity contribution in [3.05, 3.63) is 76.3 Å². The Morgan fingerprint density at radius 2 is 1.88 bits per heavy atom. The average Bonchev–Trinajstić information content (AvgIpc) is 3.18. The molecule has 2 heterocycles. The lowest BCUT2D eigenvalue weighted by molar-refractivity contribution is -0.117. The quantitative estimate of drug-likeness (QED) is 0.808. The Balaban J connectivity index is 1.79. The maximum Gasteiger partial charge on any atom is 0.272 e. The number of nitriles is 1. The van der Waals surface area contributed by atoms with Crippen LogP contribution in [0.25, 0.3) is 0 Å². The summed E-state index contributed by atoms with van der Waals surface area (Å²) in [6, 6.07) is 18.5. The van der Waals surface area contributed by atoms with Gasteiger partial charge in [-0.1, -0.05) is 47.1 Å². The monoisotopic (exact) mass is 363 g/mol. The lowest BCUT2D eigenvalue weighted by Gasteiger charge is -2.33. The Morgan fingerprint density at radius 1 is 1.19 bits per heavy atom. The summed E-state index contributed by atoms with van der Waals surface area (Å²) < 4.78 is 0. The van der Waals surface area contributed by atoms with Crippen LogP contribution in [0, 0.1) is 11.3 Å². The van der Waals surface area contributed by atoms with Crippen molar-refractivity contribution in [3.63, 3.8) is 0 Å². The third kappa shape index (κ3) is 2.31. The highest BCUT2D eigenvalue weighted by molar-refractivity contribution is 6.30. The molecule has 0 bridgehead atoms. The first-order valence-electron chi connectivity index (χ1n) is 8.09. The number of hydrogen-bond acceptors (Lipinski definition) is 4. The van der Waals surface area contributed by atoms with Crippen LogP contribution in [0.2, 0.25) is 5.02 Å². The maximum absolute atomic E-state index is 12.9. The molecule has 6 heteroatoms. The third-order valence-electron chi connectivity index (χ3n) is 4.76. The smallest absolute Gasteiger partial charge is 0.272 e. The maximum atomic E-state index is 12.9. The van der Waals surface area contributed by atoms with E-state index in [2.05, 4.69) is 5.16 Å². The summed E-state index contributed by atoms with van der Waals surface area (Å²) >= 11 is 5.97. The van der Waals surface area contributed by atoms with Crippen LogP contribution in [0.3, 0.4) is 0 Å². The van der Waals surface area contributed by atoms with Gasteiger partial charge in [-0.3, -0.25) is 9.69 Å². The number of benzene rings is 2.